The van der Waals surface area contributed by atoms with Gasteiger partial charge in [0.1, 0.15) is 16.6 Å². The number of halogens is 2. The van der Waals surface area contributed by atoms with Crippen molar-refractivity contribution in [3.8, 4) is 17.3 Å². The topological polar surface area (TPSA) is 48.7 Å². The van der Waals surface area contributed by atoms with Gasteiger partial charge in [0.25, 0.3) is 0 Å². The van der Waals surface area contributed by atoms with Crippen molar-refractivity contribution in [2.24, 2.45) is 0 Å². The van der Waals surface area contributed by atoms with Gasteiger partial charge in [-0.25, -0.2) is 4.98 Å². The van der Waals surface area contributed by atoms with Gasteiger partial charge in [0.15, 0.2) is 0 Å². The lowest BCUT2D eigenvalue weighted by atomic mass is 10.2. The Hall–Kier alpha value is -2.32. The molecule has 0 aliphatic rings. The Kier molecular flexibility index (Phi) is 5.17. The van der Waals surface area contributed by atoms with Gasteiger partial charge in [0, 0.05) is 27.9 Å². The van der Waals surface area contributed by atoms with Crippen molar-refractivity contribution in [2.45, 2.75) is 0 Å². The van der Waals surface area contributed by atoms with Crippen LogP contribution in [0.1, 0.15) is 5.01 Å². The Morgan fingerprint density at radius 2 is 1.96 bits per heavy atom. The Bertz CT molecular complexity index is 927. The summed E-state index contributed by atoms with van der Waals surface area (Å²) in [4.78, 5) is 4.51. The van der Waals surface area contributed by atoms with Gasteiger partial charge in [0.2, 0.25) is 0 Å². The van der Waals surface area contributed by atoms with E-state index in [9.17, 15) is 5.26 Å². The smallest absolute Gasteiger partial charge is 0.136 e. The number of benzene rings is 2. The van der Waals surface area contributed by atoms with Crippen molar-refractivity contribution in [1.29, 1.82) is 5.26 Å². The number of allylic oxidation sites excluding steroid dienone is 1. The fourth-order valence-electron chi connectivity index (χ4n) is 2.05. The average molecular weight is 372 g/mol. The third-order valence-corrected chi connectivity index (χ3v) is 4.64. The Morgan fingerprint density at radius 3 is 2.67 bits per heavy atom. The average Bonchev–Trinajstić information content (AvgIpc) is 3.06. The molecule has 6 heteroatoms. The molecule has 1 N–H and O–H groups in total. The lowest BCUT2D eigenvalue weighted by Crippen LogP contribution is -1.90. The number of hydrogen-bond acceptors (Lipinski definition) is 4. The van der Waals surface area contributed by atoms with Crippen molar-refractivity contribution in [3.05, 3.63) is 75.2 Å². The number of rotatable bonds is 4. The number of para-hydroxylation sites is 1. The molecule has 24 heavy (non-hydrogen) atoms. The number of thiazole rings is 1. The summed E-state index contributed by atoms with van der Waals surface area (Å²) in [7, 11) is 0. The first kappa shape index (κ1) is 16.5. The summed E-state index contributed by atoms with van der Waals surface area (Å²) in [6.07, 6.45) is 1.65. The number of nitrogens with one attached hydrogen (secondary N) is 1. The summed E-state index contributed by atoms with van der Waals surface area (Å²) in [5.41, 5.74) is 2.87. The van der Waals surface area contributed by atoms with E-state index in [0.717, 1.165) is 16.9 Å². The number of anilines is 1. The van der Waals surface area contributed by atoms with Crippen molar-refractivity contribution >= 4 is 45.8 Å². The largest absolute Gasteiger partial charge is 0.360 e. The molecule has 3 nitrogen and oxygen atoms in total. The summed E-state index contributed by atoms with van der Waals surface area (Å²) in [5.74, 6) is 0. The molecular weight excluding hydrogens is 361 g/mol. The molecule has 1 aromatic heterocycles. The maximum atomic E-state index is 9.39. The first-order valence-electron chi connectivity index (χ1n) is 7.00. The van der Waals surface area contributed by atoms with Gasteiger partial charge in [-0.15, -0.1) is 11.3 Å². The molecule has 0 saturated carbocycles. The maximum Gasteiger partial charge on any atom is 0.136 e. The van der Waals surface area contributed by atoms with Crippen molar-refractivity contribution in [2.75, 3.05) is 5.32 Å². The van der Waals surface area contributed by atoms with Crippen LogP contribution in [0, 0.1) is 11.3 Å². The summed E-state index contributed by atoms with van der Waals surface area (Å²) in [6, 6.07) is 17.1. The highest BCUT2D eigenvalue weighted by atomic mass is 35.5. The zero-order valence-electron chi connectivity index (χ0n) is 12.3. The second kappa shape index (κ2) is 7.50. The molecule has 0 radical (unpaired) electrons. The first-order valence-corrected chi connectivity index (χ1v) is 8.64. The second-order valence-electron chi connectivity index (χ2n) is 4.84. The standard InChI is InChI=1S/C18H11Cl2N3S/c19-13-6-7-15(16(20)8-13)17-11-24-18(23-17)12(9-21)10-22-14-4-2-1-3-5-14/h1-8,10-11,22H. The summed E-state index contributed by atoms with van der Waals surface area (Å²) in [5, 5.41) is 16.1. The van der Waals surface area contributed by atoms with E-state index in [4.69, 9.17) is 23.2 Å². The maximum absolute atomic E-state index is 9.39. The molecule has 0 amide bonds. The summed E-state index contributed by atoms with van der Waals surface area (Å²) >= 11 is 13.5. The number of nitriles is 1. The molecule has 0 atom stereocenters. The molecule has 0 saturated heterocycles. The van der Waals surface area contributed by atoms with Gasteiger partial charge >= 0.3 is 0 Å². The van der Waals surface area contributed by atoms with Crippen molar-refractivity contribution < 1.29 is 0 Å². The molecule has 0 unspecified atom stereocenters. The van der Waals surface area contributed by atoms with Crippen LogP contribution in [0.4, 0.5) is 5.69 Å². The van der Waals surface area contributed by atoms with Crippen LogP contribution in [0.2, 0.25) is 10.0 Å². The van der Waals surface area contributed by atoms with Crippen LogP contribution in [0.3, 0.4) is 0 Å². The van der Waals surface area contributed by atoms with Crippen LogP contribution >= 0.6 is 34.5 Å². The first-order chi connectivity index (χ1) is 11.7. The lowest BCUT2D eigenvalue weighted by Gasteiger charge is -2.01. The summed E-state index contributed by atoms with van der Waals surface area (Å²) in [6.45, 7) is 0. The molecule has 1 heterocycles. The number of hydrogen-bond donors (Lipinski definition) is 1. The zero-order valence-corrected chi connectivity index (χ0v) is 14.7. The molecule has 0 aliphatic carbocycles. The zero-order chi connectivity index (χ0) is 16.9. The summed E-state index contributed by atoms with van der Waals surface area (Å²) < 4.78 is 0. The quantitative estimate of drug-likeness (QED) is 0.564. The normalized spacial score (nSPS) is 11.1. The molecule has 3 aromatic rings. The minimum atomic E-state index is 0.459. The van der Waals surface area contributed by atoms with Gasteiger partial charge in [-0.3, -0.25) is 0 Å². The van der Waals surface area contributed by atoms with Crippen LogP contribution in [-0.2, 0) is 0 Å². The molecular formula is C18H11Cl2N3S. The minimum Gasteiger partial charge on any atom is -0.360 e. The highest BCUT2D eigenvalue weighted by Crippen LogP contribution is 2.32. The van der Waals surface area contributed by atoms with Crippen molar-refractivity contribution in [3.63, 3.8) is 0 Å². The van der Waals surface area contributed by atoms with Gasteiger partial charge in [-0.1, -0.05) is 41.4 Å². The van der Waals surface area contributed by atoms with E-state index in [1.165, 1.54) is 11.3 Å². The van der Waals surface area contributed by atoms with E-state index in [1.54, 1.807) is 18.3 Å². The highest BCUT2D eigenvalue weighted by molar-refractivity contribution is 7.11. The third kappa shape index (κ3) is 3.77. The monoisotopic (exact) mass is 371 g/mol. The fourth-order valence-corrected chi connectivity index (χ4v) is 3.34. The number of aromatic nitrogens is 1. The van der Waals surface area contributed by atoms with Gasteiger partial charge in [-0.2, -0.15) is 5.26 Å². The van der Waals surface area contributed by atoms with Crippen LogP contribution in [0.15, 0.2) is 60.1 Å². The van der Waals surface area contributed by atoms with Crippen LogP contribution in [0.25, 0.3) is 16.8 Å². The van der Waals surface area contributed by atoms with E-state index in [2.05, 4.69) is 16.4 Å². The van der Waals surface area contributed by atoms with E-state index >= 15 is 0 Å². The second-order valence-corrected chi connectivity index (χ2v) is 6.54. The van der Waals surface area contributed by atoms with Gasteiger partial charge in [-0.05, 0) is 30.3 Å². The molecule has 118 valence electrons. The molecule has 0 fully saturated rings. The Morgan fingerprint density at radius 1 is 1.17 bits per heavy atom. The predicted octanol–water partition coefficient (Wildman–Crippen LogP) is 6.09. The van der Waals surface area contributed by atoms with Crippen LogP contribution in [0.5, 0.6) is 0 Å². The predicted molar refractivity (Wildman–Crippen MR) is 101 cm³/mol. The molecule has 0 aliphatic heterocycles. The SMILES string of the molecule is N#CC(=CNc1ccccc1)c1nc(-c2ccc(Cl)cc2Cl)cs1. The molecule has 3 rings (SSSR count). The van der Waals surface area contributed by atoms with Gasteiger partial charge < -0.3 is 5.32 Å². The van der Waals surface area contributed by atoms with Gasteiger partial charge in [0.05, 0.1) is 10.7 Å². The van der Waals surface area contributed by atoms with E-state index in [1.807, 2.05) is 41.8 Å². The molecule has 2 aromatic carbocycles. The van der Waals surface area contributed by atoms with E-state index < -0.39 is 0 Å². The van der Waals surface area contributed by atoms with E-state index in [-0.39, 0.29) is 0 Å². The molecule has 0 spiro atoms. The van der Waals surface area contributed by atoms with E-state index in [0.29, 0.717) is 20.6 Å². The molecule has 0 bridgehead atoms. The Balaban J connectivity index is 1.87. The Labute approximate surface area is 153 Å². The van der Waals surface area contributed by atoms with Crippen LogP contribution in [-0.4, -0.2) is 4.98 Å². The third-order valence-electron chi connectivity index (χ3n) is 3.22. The van der Waals surface area contributed by atoms with Crippen molar-refractivity contribution in [1.82, 2.24) is 4.98 Å². The number of nitrogens with zero attached hydrogens (tertiary/aromatic N) is 2. The fraction of sp³-hybridized carbons (Fsp3) is 0. The minimum absolute atomic E-state index is 0.459. The van der Waals surface area contributed by atoms with Crippen LogP contribution < -0.4 is 5.32 Å². The highest BCUT2D eigenvalue weighted by Gasteiger charge is 2.11. The lowest BCUT2D eigenvalue weighted by molar-refractivity contribution is 1.36.